The predicted molar refractivity (Wildman–Crippen MR) is 109 cm³/mol. The molecule has 2 amide bonds. The number of hydrogen-bond donors (Lipinski definition) is 1. The van der Waals surface area contributed by atoms with E-state index in [2.05, 4.69) is 10.4 Å². The molecular formula is C18H23Cl2N5O3. The van der Waals surface area contributed by atoms with Crippen molar-refractivity contribution in [3.05, 3.63) is 28.2 Å². The predicted octanol–water partition coefficient (Wildman–Crippen LogP) is 1.42. The molecule has 0 aromatic heterocycles. The van der Waals surface area contributed by atoms with Crippen LogP contribution in [0.3, 0.4) is 0 Å². The zero-order valence-corrected chi connectivity index (χ0v) is 17.3. The highest BCUT2D eigenvalue weighted by Crippen LogP contribution is 2.28. The number of hydrazone groups is 1. The highest BCUT2D eigenvalue weighted by molar-refractivity contribution is 6.42. The fourth-order valence-corrected chi connectivity index (χ4v) is 3.49. The van der Waals surface area contributed by atoms with E-state index < -0.39 is 6.04 Å². The van der Waals surface area contributed by atoms with Crippen molar-refractivity contribution in [2.75, 3.05) is 52.0 Å². The maximum Gasteiger partial charge on any atom is 0.248 e. The number of carbonyl (C=O) groups excluding carboxylic acids is 2. The summed E-state index contributed by atoms with van der Waals surface area (Å²) in [5, 5.41) is 10.1. The fraction of sp³-hybridized carbons (Fsp3) is 0.500. The average molecular weight is 428 g/mol. The van der Waals surface area contributed by atoms with Crippen LogP contribution in [0, 0.1) is 0 Å². The van der Waals surface area contributed by atoms with E-state index in [9.17, 15) is 9.59 Å². The first-order chi connectivity index (χ1) is 13.4. The third kappa shape index (κ3) is 4.75. The molecule has 2 aliphatic heterocycles. The van der Waals surface area contributed by atoms with Gasteiger partial charge in [0.1, 0.15) is 18.5 Å². The molecule has 2 heterocycles. The molecule has 0 radical (unpaired) electrons. The van der Waals surface area contributed by atoms with Crippen molar-refractivity contribution < 1.29 is 14.3 Å². The van der Waals surface area contributed by atoms with Gasteiger partial charge in [-0.05, 0) is 25.2 Å². The molecular weight excluding hydrogens is 405 g/mol. The second-order valence-corrected chi connectivity index (χ2v) is 7.59. The topological polar surface area (TPSA) is 77.5 Å². The first-order valence-electron chi connectivity index (χ1n) is 8.97. The zero-order chi connectivity index (χ0) is 20.3. The van der Waals surface area contributed by atoms with Crippen LogP contribution < -0.4 is 10.3 Å². The zero-order valence-electron chi connectivity index (χ0n) is 15.8. The van der Waals surface area contributed by atoms with E-state index in [0.717, 1.165) is 5.69 Å². The minimum Gasteiger partial charge on any atom is -0.375 e. The van der Waals surface area contributed by atoms with Gasteiger partial charge in [-0.15, -0.1) is 0 Å². The number of methoxy groups -OCH3 is 1. The molecule has 10 heteroatoms. The SMILES string of the molecule is COCC(=O)N1CCN(C)C(C(=O)NC2=NN(c3ccc(Cl)c(Cl)c3)CC2)C1. The maximum atomic E-state index is 12.8. The Kier molecular flexibility index (Phi) is 6.77. The van der Waals surface area contributed by atoms with E-state index in [0.29, 0.717) is 48.5 Å². The third-order valence-corrected chi connectivity index (χ3v) is 5.58. The fourth-order valence-electron chi connectivity index (χ4n) is 3.20. The van der Waals surface area contributed by atoms with Crippen molar-refractivity contribution in [1.29, 1.82) is 0 Å². The molecule has 8 nitrogen and oxygen atoms in total. The molecule has 1 aromatic rings. The molecule has 3 rings (SSSR count). The number of ether oxygens (including phenoxy) is 1. The third-order valence-electron chi connectivity index (χ3n) is 4.84. The number of nitrogens with zero attached hydrogens (tertiary/aromatic N) is 4. The molecule has 1 fully saturated rings. The van der Waals surface area contributed by atoms with Gasteiger partial charge < -0.3 is 15.0 Å². The van der Waals surface area contributed by atoms with Crippen LogP contribution in [0.5, 0.6) is 0 Å². The van der Waals surface area contributed by atoms with Crippen LogP contribution in [-0.4, -0.2) is 80.4 Å². The Bertz CT molecular complexity index is 788. The number of benzene rings is 1. The van der Waals surface area contributed by atoms with E-state index in [-0.39, 0.29) is 18.4 Å². The molecule has 0 aliphatic carbocycles. The molecule has 1 N–H and O–H groups in total. The van der Waals surface area contributed by atoms with Crippen LogP contribution in [0.1, 0.15) is 6.42 Å². The van der Waals surface area contributed by atoms with Crippen molar-refractivity contribution >= 4 is 46.5 Å². The monoisotopic (exact) mass is 427 g/mol. The Morgan fingerprint density at radius 1 is 1.25 bits per heavy atom. The number of carbonyl (C=O) groups is 2. The quantitative estimate of drug-likeness (QED) is 0.785. The lowest BCUT2D eigenvalue weighted by Crippen LogP contribution is -2.59. The lowest BCUT2D eigenvalue weighted by Gasteiger charge is -2.38. The van der Waals surface area contributed by atoms with Crippen molar-refractivity contribution in [2.24, 2.45) is 5.10 Å². The van der Waals surface area contributed by atoms with E-state index in [1.165, 1.54) is 7.11 Å². The van der Waals surface area contributed by atoms with Gasteiger partial charge in [0.25, 0.3) is 0 Å². The summed E-state index contributed by atoms with van der Waals surface area (Å²) in [6.07, 6.45) is 0.606. The highest BCUT2D eigenvalue weighted by atomic mass is 35.5. The number of amidine groups is 1. The molecule has 2 aliphatic rings. The summed E-state index contributed by atoms with van der Waals surface area (Å²) in [7, 11) is 3.36. The Hall–Kier alpha value is -1.87. The molecule has 1 atom stereocenters. The first kappa shape index (κ1) is 20.9. The van der Waals surface area contributed by atoms with Crippen LogP contribution >= 0.6 is 23.2 Å². The average Bonchev–Trinajstić information content (AvgIpc) is 3.13. The van der Waals surface area contributed by atoms with Gasteiger partial charge >= 0.3 is 0 Å². The van der Waals surface area contributed by atoms with Gasteiger partial charge in [-0.3, -0.25) is 19.5 Å². The second kappa shape index (κ2) is 9.09. The lowest BCUT2D eigenvalue weighted by atomic mass is 10.1. The highest BCUT2D eigenvalue weighted by Gasteiger charge is 2.33. The Morgan fingerprint density at radius 2 is 2.04 bits per heavy atom. The second-order valence-electron chi connectivity index (χ2n) is 6.78. The number of nitrogens with one attached hydrogen (secondary N) is 1. The van der Waals surface area contributed by atoms with Crippen LogP contribution in [-0.2, 0) is 14.3 Å². The Labute approximate surface area is 174 Å². The van der Waals surface area contributed by atoms with Crippen LogP contribution in [0.25, 0.3) is 0 Å². The van der Waals surface area contributed by atoms with Crippen LogP contribution in [0.15, 0.2) is 23.3 Å². The van der Waals surface area contributed by atoms with Gasteiger partial charge in [0, 0.05) is 39.7 Å². The van der Waals surface area contributed by atoms with E-state index in [1.807, 2.05) is 18.0 Å². The van der Waals surface area contributed by atoms with Crippen molar-refractivity contribution in [3.63, 3.8) is 0 Å². The summed E-state index contributed by atoms with van der Waals surface area (Å²) < 4.78 is 4.91. The number of likely N-dealkylation sites (N-methyl/N-ethyl adjacent to an activating group) is 1. The molecule has 1 aromatic carbocycles. The molecule has 1 saturated heterocycles. The standard InChI is InChI=1S/C18H23Cl2N5O3/c1-23-7-8-24(17(26)11-28-2)10-15(23)18(27)21-16-5-6-25(22-16)12-3-4-13(19)14(20)9-12/h3-4,9,15H,5-8,10-11H2,1-2H3,(H,21,22,27). The van der Waals surface area contributed by atoms with Crippen LogP contribution in [0.2, 0.25) is 10.0 Å². The van der Waals surface area contributed by atoms with Crippen molar-refractivity contribution in [2.45, 2.75) is 12.5 Å². The van der Waals surface area contributed by atoms with Gasteiger partial charge in [0.15, 0.2) is 0 Å². The minimum absolute atomic E-state index is 0.0172. The van der Waals surface area contributed by atoms with Gasteiger partial charge in [0.05, 0.1) is 15.7 Å². The summed E-state index contributed by atoms with van der Waals surface area (Å²) in [6.45, 7) is 2.17. The van der Waals surface area contributed by atoms with Gasteiger partial charge in [-0.1, -0.05) is 23.2 Å². The number of rotatable bonds is 4. The Balaban J connectivity index is 1.63. The molecule has 0 saturated carbocycles. The summed E-state index contributed by atoms with van der Waals surface area (Å²) >= 11 is 12.0. The molecule has 28 heavy (non-hydrogen) atoms. The maximum absolute atomic E-state index is 12.8. The summed E-state index contributed by atoms with van der Waals surface area (Å²) in [5.41, 5.74) is 0.810. The van der Waals surface area contributed by atoms with Crippen LogP contribution in [0.4, 0.5) is 5.69 Å². The van der Waals surface area contributed by atoms with E-state index in [1.54, 1.807) is 22.0 Å². The van der Waals surface area contributed by atoms with E-state index in [4.69, 9.17) is 27.9 Å². The molecule has 152 valence electrons. The lowest BCUT2D eigenvalue weighted by molar-refractivity contribution is -0.140. The number of anilines is 1. The summed E-state index contributed by atoms with van der Waals surface area (Å²) in [6, 6.07) is 4.85. The minimum atomic E-state index is -0.434. The van der Waals surface area contributed by atoms with E-state index >= 15 is 0 Å². The van der Waals surface area contributed by atoms with Gasteiger partial charge in [0.2, 0.25) is 11.8 Å². The largest absolute Gasteiger partial charge is 0.375 e. The molecule has 1 unspecified atom stereocenters. The summed E-state index contributed by atoms with van der Waals surface area (Å²) in [5.74, 6) is 0.300. The summed E-state index contributed by atoms with van der Waals surface area (Å²) in [4.78, 5) is 28.4. The molecule has 0 spiro atoms. The van der Waals surface area contributed by atoms with Gasteiger partial charge in [-0.2, -0.15) is 5.10 Å². The van der Waals surface area contributed by atoms with Crippen molar-refractivity contribution in [3.8, 4) is 0 Å². The number of amides is 2. The molecule has 0 bridgehead atoms. The number of piperazine rings is 1. The normalized spacial score (nSPS) is 20.3. The number of halogens is 2. The smallest absolute Gasteiger partial charge is 0.248 e. The first-order valence-corrected chi connectivity index (χ1v) is 9.72. The van der Waals surface area contributed by atoms with Crippen molar-refractivity contribution in [1.82, 2.24) is 15.1 Å². The number of hydrogen-bond acceptors (Lipinski definition) is 6. The Morgan fingerprint density at radius 3 is 2.75 bits per heavy atom. The van der Waals surface area contributed by atoms with Gasteiger partial charge in [-0.25, -0.2) is 0 Å².